The number of hydrogen-bond acceptors (Lipinski definition) is 7. The summed E-state index contributed by atoms with van der Waals surface area (Å²) in [5.41, 5.74) is 2.37. The van der Waals surface area contributed by atoms with Gasteiger partial charge in [-0.3, -0.25) is 0 Å². The number of carbonyl (C=O) groups excluding carboxylic acids is 2. The summed E-state index contributed by atoms with van der Waals surface area (Å²) < 4.78 is 29.1. The molecule has 0 saturated carbocycles. The van der Waals surface area contributed by atoms with E-state index in [1.54, 1.807) is 21.0 Å². The Labute approximate surface area is 257 Å². The van der Waals surface area contributed by atoms with Crippen LogP contribution in [0, 0.1) is 0 Å². The van der Waals surface area contributed by atoms with E-state index in [1.807, 2.05) is 97.1 Å². The minimum absolute atomic E-state index is 0.0662. The highest BCUT2D eigenvalue weighted by molar-refractivity contribution is 6.04. The van der Waals surface area contributed by atoms with Gasteiger partial charge in [-0.15, -0.1) is 0 Å². The zero-order chi connectivity index (χ0) is 31.1. The van der Waals surface area contributed by atoms with Crippen LogP contribution in [0.5, 0.6) is 11.5 Å². The Morgan fingerprint density at radius 3 is 2.23 bits per heavy atom. The molecule has 0 aliphatic carbocycles. The molecule has 1 unspecified atom stereocenters. The summed E-state index contributed by atoms with van der Waals surface area (Å²) in [6.45, 7) is 7.61. The van der Waals surface area contributed by atoms with Gasteiger partial charge in [0, 0.05) is 34.1 Å². The van der Waals surface area contributed by atoms with Crippen LogP contribution in [0.25, 0.3) is 16.8 Å². The maximum absolute atomic E-state index is 13.5. The summed E-state index contributed by atoms with van der Waals surface area (Å²) in [7, 11) is 1.62. The van der Waals surface area contributed by atoms with E-state index in [0.717, 1.165) is 21.9 Å². The van der Waals surface area contributed by atoms with Gasteiger partial charge in [0.1, 0.15) is 24.2 Å². The number of ether oxygens (including phenoxy) is 5. The number of methoxy groups -OCH3 is 1. The monoisotopic (exact) mass is 592 g/mol. The molecule has 7 nitrogen and oxygen atoms in total. The number of benzene rings is 4. The molecule has 0 N–H and O–H groups in total. The molecule has 1 aliphatic heterocycles. The number of hydrogen-bond donors (Lipinski definition) is 0. The molecule has 44 heavy (non-hydrogen) atoms. The van der Waals surface area contributed by atoms with Crippen LogP contribution in [-0.2, 0) is 24.6 Å². The fraction of sp³-hybridized carbons (Fsp3) is 0.243. The smallest absolute Gasteiger partial charge is 0.338 e. The van der Waals surface area contributed by atoms with Crippen molar-refractivity contribution in [2.45, 2.75) is 32.0 Å². The molecular weight excluding hydrogens is 556 g/mol. The molecule has 7 heteroatoms. The number of rotatable bonds is 12. The van der Waals surface area contributed by atoms with Crippen LogP contribution in [0.3, 0.4) is 0 Å². The predicted octanol–water partition coefficient (Wildman–Crippen LogP) is 7.27. The van der Waals surface area contributed by atoms with Gasteiger partial charge in [-0.25, -0.2) is 9.59 Å². The summed E-state index contributed by atoms with van der Waals surface area (Å²) in [4.78, 5) is 25.1. The lowest BCUT2D eigenvalue weighted by Gasteiger charge is -2.37. The summed E-state index contributed by atoms with van der Waals surface area (Å²) in [5, 5.41) is 1.64. The van der Waals surface area contributed by atoms with Gasteiger partial charge in [-0.05, 0) is 49.6 Å². The SMILES string of the molecule is C=C(C)C(=O)OC(C)CCOCCOC(=O)c1cc2ccc(OC)cc2c2c1C=CC(c1ccccc1)(c1ccccc1)O2. The van der Waals surface area contributed by atoms with Crippen LogP contribution < -0.4 is 9.47 Å². The van der Waals surface area contributed by atoms with Crippen LogP contribution in [0.1, 0.15) is 47.3 Å². The molecule has 4 aromatic rings. The second-order valence-corrected chi connectivity index (χ2v) is 10.7. The van der Waals surface area contributed by atoms with Crippen molar-refractivity contribution in [3.8, 4) is 11.5 Å². The van der Waals surface area contributed by atoms with Crippen molar-refractivity contribution >= 4 is 28.8 Å². The average molecular weight is 593 g/mol. The Hall–Kier alpha value is -4.88. The van der Waals surface area contributed by atoms with E-state index >= 15 is 0 Å². The van der Waals surface area contributed by atoms with Gasteiger partial charge >= 0.3 is 11.9 Å². The first kappa shape index (κ1) is 30.6. The standard InChI is InChI=1S/C37H36O7/c1-25(2)35(38)43-26(3)18-20-41-21-22-42-36(39)33-23-27-15-16-30(40-4)24-32(27)34-31(33)17-19-37(44-34,28-11-7-5-8-12-28)29-13-9-6-10-14-29/h5-17,19,23-24,26H,1,18,20-22H2,2-4H3. The highest BCUT2D eigenvalue weighted by atomic mass is 16.6. The topological polar surface area (TPSA) is 80.3 Å². The maximum atomic E-state index is 13.5. The Balaban J connectivity index is 1.39. The van der Waals surface area contributed by atoms with Gasteiger partial charge in [-0.1, -0.05) is 73.3 Å². The molecule has 1 aliphatic rings. The van der Waals surface area contributed by atoms with Gasteiger partial charge in [0.2, 0.25) is 0 Å². The van der Waals surface area contributed by atoms with Crippen molar-refractivity contribution < 1.29 is 33.3 Å². The molecule has 0 spiro atoms. The van der Waals surface area contributed by atoms with Crippen molar-refractivity contribution in [1.82, 2.24) is 0 Å². The second-order valence-electron chi connectivity index (χ2n) is 10.7. The van der Waals surface area contributed by atoms with Gasteiger partial charge < -0.3 is 23.7 Å². The Kier molecular flexibility index (Phi) is 9.46. The molecular formula is C37H36O7. The van der Waals surface area contributed by atoms with Gasteiger partial charge in [0.25, 0.3) is 0 Å². The maximum Gasteiger partial charge on any atom is 0.338 e. The van der Waals surface area contributed by atoms with E-state index in [2.05, 4.69) is 6.58 Å². The van der Waals surface area contributed by atoms with Crippen LogP contribution in [-0.4, -0.2) is 45.0 Å². The first-order valence-electron chi connectivity index (χ1n) is 14.6. The van der Waals surface area contributed by atoms with Crippen molar-refractivity contribution in [2.24, 2.45) is 0 Å². The number of fused-ring (bicyclic) bond motifs is 3. The zero-order valence-corrected chi connectivity index (χ0v) is 25.2. The van der Waals surface area contributed by atoms with Crippen LogP contribution >= 0.6 is 0 Å². The lowest BCUT2D eigenvalue weighted by Crippen LogP contribution is -2.34. The van der Waals surface area contributed by atoms with E-state index in [4.69, 9.17) is 23.7 Å². The molecule has 0 fully saturated rings. The summed E-state index contributed by atoms with van der Waals surface area (Å²) in [5.74, 6) is 0.343. The minimum Gasteiger partial charge on any atom is -0.497 e. The molecule has 226 valence electrons. The van der Waals surface area contributed by atoms with E-state index < -0.39 is 17.5 Å². The van der Waals surface area contributed by atoms with E-state index in [9.17, 15) is 9.59 Å². The van der Waals surface area contributed by atoms with Crippen LogP contribution in [0.2, 0.25) is 0 Å². The first-order chi connectivity index (χ1) is 21.3. The minimum atomic E-state index is -0.919. The van der Waals surface area contributed by atoms with Gasteiger partial charge in [0.15, 0.2) is 5.60 Å². The third kappa shape index (κ3) is 6.53. The van der Waals surface area contributed by atoms with Crippen LogP contribution in [0.4, 0.5) is 0 Å². The molecule has 0 bridgehead atoms. The fourth-order valence-corrected chi connectivity index (χ4v) is 5.14. The third-order valence-electron chi connectivity index (χ3n) is 7.50. The van der Waals surface area contributed by atoms with Crippen LogP contribution in [0.15, 0.2) is 103 Å². The molecule has 0 radical (unpaired) electrons. The molecule has 1 heterocycles. The molecule has 1 atom stereocenters. The Morgan fingerprint density at radius 1 is 0.909 bits per heavy atom. The Morgan fingerprint density at radius 2 is 1.59 bits per heavy atom. The van der Waals surface area contributed by atoms with Crippen molar-refractivity contribution in [1.29, 1.82) is 0 Å². The van der Waals surface area contributed by atoms with Crippen molar-refractivity contribution in [3.63, 3.8) is 0 Å². The van der Waals surface area contributed by atoms with E-state index in [0.29, 0.717) is 41.2 Å². The average Bonchev–Trinajstić information content (AvgIpc) is 3.06. The lowest BCUT2D eigenvalue weighted by atomic mass is 9.82. The highest BCUT2D eigenvalue weighted by Crippen LogP contribution is 2.47. The fourth-order valence-electron chi connectivity index (χ4n) is 5.14. The van der Waals surface area contributed by atoms with Crippen molar-refractivity contribution in [3.05, 3.63) is 125 Å². The van der Waals surface area contributed by atoms with E-state index in [1.165, 1.54) is 0 Å². The first-order valence-corrected chi connectivity index (χ1v) is 14.6. The predicted molar refractivity (Wildman–Crippen MR) is 170 cm³/mol. The zero-order valence-electron chi connectivity index (χ0n) is 25.2. The summed E-state index contributed by atoms with van der Waals surface area (Å²) >= 11 is 0. The van der Waals surface area contributed by atoms with Crippen molar-refractivity contribution in [2.75, 3.05) is 26.9 Å². The Bertz CT molecular complexity index is 1640. The lowest BCUT2D eigenvalue weighted by molar-refractivity contribution is -0.144. The molecule has 4 aromatic carbocycles. The second kappa shape index (κ2) is 13.6. The van der Waals surface area contributed by atoms with Gasteiger partial charge in [-0.2, -0.15) is 0 Å². The number of esters is 2. The normalized spacial score (nSPS) is 13.8. The third-order valence-corrected chi connectivity index (χ3v) is 7.50. The molecule has 0 amide bonds. The largest absolute Gasteiger partial charge is 0.497 e. The molecule has 0 saturated heterocycles. The molecule has 5 rings (SSSR count). The highest BCUT2D eigenvalue weighted by Gasteiger charge is 2.38. The quantitative estimate of drug-likeness (QED) is 0.0972. The molecule has 0 aromatic heterocycles. The summed E-state index contributed by atoms with van der Waals surface area (Å²) in [6.07, 6.45) is 4.14. The van der Waals surface area contributed by atoms with E-state index in [-0.39, 0.29) is 19.3 Å². The van der Waals surface area contributed by atoms with Gasteiger partial charge in [0.05, 0.1) is 25.9 Å². The summed E-state index contributed by atoms with van der Waals surface area (Å²) in [6, 6.07) is 27.5. The number of carbonyl (C=O) groups is 2.